The first-order valence-corrected chi connectivity index (χ1v) is 8.79. The maximum absolute atomic E-state index is 13.8. The summed E-state index contributed by atoms with van der Waals surface area (Å²) < 4.78 is 66.2. The Morgan fingerprint density at radius 1 is 1.13 bits per heavy atom. The molecule has 2 aromatic rings. The zero-order valence-corrected chi connectivity index (χ0v) is 16.4. The molecule has 1 amide bonds. The molecule has 162 valence electrons. The van der Waals surface area contributed by atoms with Gasteiger partial charge in [0.05, 0.1) is 22.3 Å². The van der Waals surface area contributed by atoms with Crippen molar-refractivity contribution in [3.8, 4) is 5.75 Å². The molecular weight excluding hydrogens is 434 g/mol. The molecule has 0 heterocycles. The van der Waals surface area contributed by atoms with Gasteiger partial charge in [-0.1, -0.05) is 11.6 Å². The molecule has 0 aliphatic carbocycles. The van der Waals surface area contributed by atoms with Crippen LogP contribution in [0.4, 0.5) is 28.0 Å². The Labute approximate surface area is 173 Å². The summed E-state index contributed by atoms with van der Waals surface area (Å²) in [6.45, 7) is 2.51. The molecule has 0 aliphatic heterocycles. The average molecular weight is 450 g/mol. The standard InChI is InChI=1S/C19H16ClF4NO5/c1-10(2)30-18(27)29-9-28-16-8-15(21)14(20)7-13(16)17(26)25-12-5-3-11(4-6-12)19(22,23)24/h3-8,10H,9H2,1-2H3,(H,25,26). The molecule has 0 aliphatic rings. The minimum absolute atomic E-state index is 0.0520. The van der Waals surface area contributed by atoms with E-state index in [0.717, 1.165) is 36.4 Å². The van der Waals surface area contributed by atoms with Crippen LogP contribution in [0.15, 0.2) is 36.4 Å². The maximum atomic E-state index is 13.8. The number of carbonyl (C=O) groups is 2. The van der Waals surface area contributed by atoms with Crippen LogP contribution in [-0.4, -0.2) is 25.0 Å². The number of nitrogens with one attached hydrogen (secondary N) is 1. The summed E-state index contributed by atoms with van der Waals surface area (Å²) >= 11 is 5.70. The molecule has 2 rings (SSSR count). The van der Waals surface area contributed by atoms with E-state index >= 15 is 0 Å². The number of ether oxygens (including phenoxy) is 3. The Balaban J connectivity index is 2.14. The van der Waals surface area contributed by atoms with E-state index in [4.69, 9.17) is 21.1 Å². The van der Waals surface area contributed by atoms with Crippen LogP contribution in [0.25, 0.3) is 0 Å². The summed E-state index contributed by atoms with van der Waals surface area (Å²) in [7, 11) is 0. The normalized spacial score (nSPS) is 11.2. The highest BCUT2D eigenvalue weighted by Gasteiger charge is 2.30. The number of amides is 1. The number of halogens is 5. The lowest BCUT2D eigenvalue weighted by molar-refractivity contribution is -0.137. The third-order valence-corrected chi connectivity index (χ3v) is 3.75. The van der Waals surface area contributed by atoms with Crippen LogP contribution in [-0.2, 0) is 15.7 Å². The lowest BCUT2D eigenvalue weighted by Gasteiger charge is -2.14. The van der Waals surface area contributed by atoms with Crippen LogP contribution in [0, 0.1) is 5.82 Å². The fourth-order valence-corrected chi connectivity index (χ4v) is 2.30. The lowest BCUT2D eigenvalue weighted by Crippen LogP contribution is -2.18. The average Bonchev–Trinajstić information content (AvgIpc) is 2.63. The quantitative estimate of drug-likeness (QED) is 0.350. The topological polar surface area (TPSA) is 73.9 Å². The molecule has 30 heavy (non-hydrogen) atoms. The van der Waals surface area contributed by atoms with Gasteiger partial charge in [-0.2, -0.15) is 13.2 Å². The van der Waals surface area contributed by atoms with Crippen molar-refractivity contribution in [3.05, 3.63) is 58.4 Å². The highest BCUT2D eigenvalue weighted by molar-refractivity contribution is 6.31. The molecule has 0 bridgehead atoms. The fraction of sp³-hybridized carbons (Fsp3) is 0.263. The predicted molar refractivity (Wildman–Crippen MR) is 99.0 cm³/mol. The second-order valence-corrected chi connectivity index (χ2v) is 6.52. The van der Waals surface area contributed by atoms with Gasteiger partial charge < -0.3 is 19.5 Å². The first kappa shape index (κ1) is 23.3. The van der Waals surface area contributed by atoms with E-state index in [9.17, 15) is 27.2 Å². The van der Waals surface area contributed by atoms with E-state index in [2.05, 4.69) is 10.1 Å². The molecule has 0 aromatic heterocycles. The Morgan fingerprint density at radius 2 is 1.77 bits per heavy atom. The zero-order valence-electron chi connectivity index (χ0n) is 15.7. The summed E-state index contributed by atoms with van der Waals surface area (Å²) in [5, 5.41) is 1.96. The van der Waals surface area contributed by atoms with Crippen LogP contribution in [0.1, 0.15) is 29.8 Å². The van der Waals surface area contributed by atoms with E-state index in [1.165, 1.54) is 0 Å². The number of alkyl halides is 3. The van der Waals surface area contributed by atoms with E-state index in [1.807, 2.05) is 0 Å². The minimum atomic E-state index is -4.52. The second-order valence-electron chi connectivity index (χ2n) is 6.11. The molecule has 1 N–H and O–H groups in total. The number of carbonyl (C=O) groups excluding carboxylic acids is 2. The first-order valence-electron chi connectivity index (χ1n) is 8.41. The van der Waals surface area contributed by atoms with Crippen molar-refractivity contribution in [3.63, 3.8) is 0 Å². The zero-order chi connectivity index (χ0) is 22.5. The summed E-state index contributed by atoms with van der Waals surface area (Å²) in [6, 6.07) is 5.46. The number of benzene rings is 2. The van der Waals surface area contributed by atoms with Gasteiger partial charge in [-0.25, -0.2) is 9.18 Å². The Kier molecular flexibility index (Phi) is 7.49. The summed E-state index contributed by atoms with van der Waals surface area (Å²) in [4.78, 5) is 23.8. The van der Waals surface area contributed by atoms with Gasteiger partial charge >= 0.3 is 12.3 Å². The largest absolute Gasteiger partial charge is 0.511 e. The molecule has 0 fully saturated rings. The van der Waals surface area contributed by atoms with Gasteiger partial charge in [0.25, 0.3) is 5.91 Å². The number of hydrogen-bond donors (Lipinski definition) is 1. The smallest absolute Gasteiger partial charge is 0.456 e. The Bertz CT molecular complexity index is 916. The van der Waals surface area contributed by atoms with Gasteiger partial charge in [-0.05, 0) is 44.2 Å². The Morgan fingerprint density at radius 3 is 2.33 bits per heavy atom. The highest BCUT2D eigenvalue weighted by atomic mass is 35.5. The third-order valence-electron chi connectivity index (χ3n) is 3.46. The van der Waals surface area contributed by atoms with Gasteiger partial charge in [-0.15, -0.1) is 0 Å². The van der Waals surface area contributed by atoms with E-state index in [0.29, 0.717) is 0 Å². The SMILES string of the molecule is CC(C)OC(=O)OCOc1cc(F)c(Cl)cc1C(=O)Nc1ccc(C(F)(F)F)cc1. The third kappa shape index (κ3) is 6.51. The van der Waals surface area contributed by atoms with Crippen LogP contribution in [0.5, 0.6) is 5.75 Å². The first-order chi connectivity index (χ1) is 14.0. The molecule has 2 aromatic carbocycles. The van der Waals surface area contributed by atoms with Gasteiger partial charge in [0.2, 0.25) is 6.79 Å². The monoisotopic (exact) mass is 449 g/mol. The van der Waals surface area contributed by atoms with Crippen LogP contribution in [0.2, 0.25) is 5.02 Å². The fourth-order valence-electron chi connectivity index (χ4n) is 2.13. The van der Waals surface area contributed by atoms with Crippen molar-refractivity contribution in [1.82, 2.24) is 0 Å². The van der Waals surface area contributed by atoms with Gasteiger partial charge in [0.15, 0.2) is 0 Å². The number of anilines is 1. The molecule has 0 atom stereocenters. The summed E-state index contributed by atoms with van der Waals surface area (Å²) in [6.07, 6.45) is -5.99. The Hall–Kier alpha value is -3.01. The second kappa shape index (κ2) is 9.66. The van der Waals surface area contributed by atoms with Crippen LogP contribution >= 0.6 is 11.6 Å². The summed E-state index contributed by atoms with van der Waals surface area (Å²) in [5.41, 5.74) is -1.07. The van der Waals surface area contributed by atoms with E-state index in [-0.39, 0.29) is 22.0 Å². The molecule has 0 unspecified atom stereocenters. The maximum Gasteiger partial charge on any atom is 0.511 e. The van der Waals surface area contributed by atoms with Crippen molar-refractivity contribution in [2.75, 3.05) is 12.1 Å². The lowest BCUT2D eigenvalue weighted by atomic mass is 10.1. The van der Waals surface area contributed by atoms with Crippen molar-refractivity contribution in [1.29, 1.82) is 0 Å². The molecule has 6 nitrogen and oxygen atoms in total. The molecule has 0 saturated heterocycles. The van der Waals surface area contributed by atoms with Gasteiger partial charge in [0, 0.05) is 11.8 Å². The molecular formula is C19H16ClF4NO5. The molecule has 11 heteroatoms. The van der Waals surface area contributed by atoms with E-state index in [1.54, 1.807) is 13.8 Å². The van der Waals surface area contributed by atoms with Crippen molar-refractivity contribution >= 4 is 29.4 Å². The predicted octanol–water partition coefficient (Wildman–Crippen LogP) is 5.65. The summed E-state index contributed by atoms with van der Waals surface area (Å²) in [5.74, 6) is -2.04. The number of hydrogen-bond acceptors (Lipinski definition) is 5. The molecule has 0 radical (unpaired) electrons. The highest BCUT2D eigenvalue weighted by Crippen LogP contribution is 2.31. The molecule has 0 saturated carbocycles. The van der Waals surface area contributed by atoms with Crippen molar-refractivity contribution < 1.29 is 41.4 Å². The minimum Gasteiger partial charge on any atom is -0.456 e. The van der Waals surface area contributed by atoms with E-state index < -0.39 is 42.5 Å². The van der Waals surface area contributed by atoms with Crippen molar-refractivity contribution in [2.45, 2.75) is 26.1 Å². The van der Waals surface area contributed by atoms with Crippen molar-refractivity contribution in [2.24, 2.45) is 0 Å². The van der Waals surface area contributed by atoms with Crippen LogP contribution in [0.3, 0.4) is 0 Å². The van der Waals surface area contributed by atoms with Gasteiger partial charge in [-0.3, -0.25) is 4.79 Å². The molecule has 0 spiro atoms. The number of rotatable bonds is 6. The van der Waals surface area contributed by atoms with Gasteiger partial charge in [0.1, 0.15) is 11.6 Å². The van der Waals surface area contributed by atoms with Crippen LogP contribution < -0.4 is 10.1 Å².